The fraction of sp³-hybridized carbons (Fsp3) is 0.381. The molecular weight excluding hydrogens is 376 g/mol. The summed E-state index contributed by atoms with van der Waals surface area (Å²) in [4.78, 5) is 12.4. The zero-order valence-corrected chi connectivity index (χ0v) is 17.6. The van der Waals surface area contributed by atoms with E-state index in [4.69, 9.17) is 4.74 Å². The summed E-state index contributed by atoms with van der Waals surface area (Å²) in [5, 5.41) is 2.89. The Kier molecular flexibility index (Phi) is 7.45. The lowest BCUT2D eigenvalue weighted by Gasteiger charge is -2.22. The predicted molar refractivity (Wildman–Crippen MR) is 113 cm³/mol. The van der Waals surface area contributed by atoms with Crippen LogP contribution in [0, 0.1) is 6.92 Å². The van der Waals surface area contributed by atoms with Gasteiger partial charge in [0.25, 0.3) is 5.91 Å². The van der Waals surface area contributed by atoms with Crippen molar-refractivity contribution in [2.45, 2.75) is 33.7 Å². The number of hydrogen-bond acceptors (Lipinski definition) is 4. The first-order chi connectivity index (χ1) is 13.3. The number of amides is 1. The molecule has 0 spiro atoms. The number of benzene rings is 2. The van der Waals surface area contributed by atoms with Crippen LogP contribution in [-0.2, 0) is 10.0 Å². The number of aryl methyl sites for hydroxylation is 1. The number of rotatable bonds is 9. The number of carbonyl (C=O) groups excluding carboxylic acids is 1. The molecule has 1 atom stereocenters. The molecular formula is C21H28N2O4S. The lowest BCUT2D eigenvalue weighted by molar-refractivity contribution is 0.0926. The molecule has 0 fully saturated rings. The summed E-state index contributed by atoms with van der Waals surface area (Å²) in [5.41, 5.74) is 2.18. The Morgan fingerprint density at radius 2 is 1.68 bits per heavy atom. The van der Waals surface area contributed by atoms with Gasteiger partial charge in [0.15, 0.2) is 0 Å². The Hall–Kier alpha value is -2.54. The van der Waals surface area contributed by atoms with Crippen molar-refractivity contribution in [3.05, 3.63) is 59.7 Å². The molecule has 28 heavy (non-hydrogen) atoms. The van der Waals surface area contributed by atoms with Crippen molar-refractivity contribution in [3.63, 3.8) is 0 Å². The molecule has 0 unspecified atom stereocenters. The van der Waals surface area contributed by atoms with Gasteiger partial charge < -0.3 is 10.1 Å². The summed E-state index contributed by atoms with van der Waals surface area (Å²) in [5.74, 6) is 0.558. The van der Waals surface area contributed by atoms with E-state index in [1.165, 1.54) is 4.31 Å². The summed E-state index contributed by atoms with van der Waals surface area (Å²) in [7, 11) is -3.34. The molecule has 0 aliphatic heterocycles. The Labute approximate surface area is 167 Å². The number of hydrogen-bond donors (Lipinski definition) is 1. The third-order valence-corrected chi connectivity index (χ3v) is 6.17. The van der Waals surface area contributed by atoms with Crippen LogP contribution in [-0.4, -0.2) is 39.3 Å². The maximum absolute atomic E-state index is 12.4. The van der Waals surface area contributed by atoms with E-state index in [0.717, 1.165) is 11.3 Å². The molecule has 2 aromatic rings. The summed E-state index contributed by atoms with van der Waals surface area (Å²) >= 11 is 0. The molecule has 0 saturated carbocycles. The van der Waals surface area contributed by atoms with Crippen LogP contribution < -0.4 is 14.4 Å². The van der Waals surface area contributed by atoms with Gasteiger partial charge in [0.2, 0.25) is 10.0 Å². The first kappa shape index (κ1) is 21.8. The van der Waals surface area contributed by atoms with Crippen LogP contribution >= 0.6 is 0 Å². The van der Waals surface area contributed by atoms with Gasteiger partial charge in [-0.05, 0) is 64.1 Å². The van der Waals surface area contributed by atoms with E-state index in [2.05, 4.69) is 5.32 Å². The normalized spacial score (nSPS) is 12.3. The first-order valence-electron chi connectivity index (χ1n) is 9.37. The second-order valence-electron chi connectivity index (χ2n) is 6.61. The number of ether oxygens (including phenoxy) is 1. The lowest BCUT2D eigenvalue weighted by Crippen LogP contribution is -2.36. The maximum Gasteiger partial charge on any atom is 0.251 e. The number of carbonyl (C=O) groups is 1. The molecule has 0 heterocycles. The van der Waals surface area contributed by atoms with Crippen LogP contribution in [0.25, 0.3) is 0 Å². The van der Waals surface area contributed by atoms with Gasteiger partial charge in [-0.25, -0.2) is 8.42 Å². The zero-order valence-electron chi connectivity index (χ0n) is 16.8. The topological polar surface area (TPSA) is 75.7 Å². The number of nitrogens with one attached hydrogen (secondary N) is 1. The van der Waals surface area contributed by atoms with Crippen molar-refractivity contribution in [2.75, 3.05) is 23.2 Å². The van der Waals surface area contributed by atoms with Gasteiger partial charge in [-0.2, -0.15) is 0 Å². The van der Waals surface area contributed by atoms with Crippen molar-refractivity contribution >= 4 is 21.6 Å². The van der Waals surface area contributed by atoms with E-state index in [9.17, 15) is 13.2 Å². The van der Waals surface area contributed by atoms with E-state index in [1.807, 2.05) is 38.1 Å². The van der Waals surface area contributed by atoms with Crippen LogP contribution in [0.2, 0.25) is 0 Å². The van der Waals surface area contributed by atoms with E-state index in [-0.39, 0.29) is 17.7 Å². The molecule has 1 amide bonds. The lowest BCUT2D eigenvalue weighted by atomic mass is 10.2. The standard InChI is InChI=1S/C21H28N2O4S/c1-5-23(28(25,26)6-2)19-11-9-18(10-12-19)21(24)22-17(4)15-27-20-13-7-16(3)8-14-20/h7-14,17H,5-6,15H2,1-4H3,(H,22,24)/t17-/m0/s1. The minimum Gasteiger partial charge on any atom is -0.491 e. The van der Waals surface area contributed by atoms with Gasteiger partial charge >= 0.3 is 0 Å². The highest BCUT2D eigenvalue weighted by molar-refractivity contribution is 7.92. The van der Waals surface area contributed by atoms with Crippen LogP contribution in [0.15, 0.2) is 48.5 Å². The van der Waals surface area contributed by atoms with Gasteiger partial charge in [-0.1, -0.05) is 17.7 Å². The van der Waals surface area contributed by atoms with Crippen LogP contribution in [0.1, 0.15) is 36.7 Å². The molecule has 0 saturated heterocycles. The van der Waals surface area contributed by atoms with Gasteiger partial charge in [-0.3, -0.25) is 9.10 Å². The largest absolute Gasteiger partial charge is 0.491 e. The highest BCUT2D eigenvalue weighted by atomic mass is 32.2. The van der Waals surface area contributed by atoms with Crippen LogP contribution in [0.5, 0.6) is 5.75 Å². The second kappa shape index (κ2) is 9.59. The van der Waals surface area contributed by atoms with Gasteiger partial charge in [0.05, 0.1) is 17.5 Å². The fourth-order valence-electron chi connectivity index (χ4n) is 2.68. The monoisotopic (exact) mass is 404 g/mol. The maximum atomic E-state index is 12.4. The second-order valence-corrected chi connectivity index (χ2v) is 8.79. The van der Waals surface area contributed by atoms with Crippen molar-refractivity contribution in [2.24, 2.45) is 0 Å². The summed E-state index contributed by atoms with van der Waals surface area (Å²) in [6.07, 6.45) is 0. The molecule has 0 aliphatic rings. The summed E-state index contributed by atoms with van der Waals surface area (Å²) in [6.45, 7) is 7.96. The molecule has 0 aromatic heterocycles. The highest BCUT2D eigenvalue weighted by Gasteiger charge is 2.19. The fourth-order valence-corrected chi connectivity index (χ4v) is 3.83. The Bertz CT molecular complexity index is 878. The summed E-state index contributed by atoms with van der Waals surface area (Å²) in [6, 6.07) is 14.1. The molecule has 6 nitrogen and oxygen atoms in total. The molecule has 2 aromatic carbocycles. The van der Waals surface area contributed by atoms with Gasteiger partial charge in [0.1, 0.15) is 12.4 Å². The average Bonchev–Trinajstić information content (AvgIpc) is 2.68. The van der Waals surface area contributed by atoms with Crippen molar-refractivity contribution in [1.29, 1.82) is 0 Å². The molecule has 2 rings (SSSR count). The number of nitrogens with zero attached hydrogens (tertiary/aromatic N) is 1. The third-order valence-electron chi connectivity index (χ3n) is 4.30. The van der Waals surface area contributed by atoms with Crippen LogP contribution in [0.3, 0.4) is 0 Å². The van der Waals surface area contributed by atoms with Gasteiger partial charge in [-0.15, -0.1) is 0 Å². The Morgan fingerprint density at radius 1 is 1.07 bits per heavy atom. The molecule has 152 valence electrons. The Morgan fingerprint density at radius 3 is 2.21 bits per heavy atom. The molecule has 0 bridgehead atoms. The van der Waals surface area contributed by atoms with Crippen molar-refractivity contribution in [1.82, 2.24) is 5.32 Å². The van der Waals surface area contributed by atoms with E-state index >= 15 is 0 Å². The summed E-state index contributed by atoms with van der Waals surface area (Å²) < 4.78 is 31.3. The smallest absolute Gasteiger partial charge is 0.251 e. The number of anilines is 1. The minimum atomic E-state index is -3.34. The minimum absolute atomic E-state index is 0.0293. The van der Waals surface area contributed by atoms with Gasteiger partial charge in [0, 0.05) is 12.1 Å². The quantitative estimate of drug-likeness (QED) is 0.695. The van der Waals surface area contributed by atoms with E-state index < -0.39 is 10.0 Å². The van der Waals surface area contributed by atoms with E-state index in [0.29, 0.717) is 24.4 Å². The number of sulfonamides is 1. The molecule has 1 N–H and O–H groups in total. The SMILES string of the molecule is CCN(c1ccc(C(=O)N[C@@H](C)COc2ccc(C)cc2)cc1)S(=O)(=O)CC. The predicted octanol–water partition coefficient (Wildman–Crippen LogP) is 3.37. The Balaban J connectivity index is 1.95. The highest BCUT2D eigenvalue weighted by Crippen LogP contribution is 2.19. The first-order valence-corrected chi connectivity index (χ1v) is 11.0. The van der Waals surface area contributed by atoms with Crippen LogP contribution in [0.4, 0.5) is 5.69 Å². The third kappa shape index (κ3) is 5.73. The molecule has 0 aliphatic carbocycles. The zero-order chi connectivity index (χ0) is 20.7. The molecule has 7 heteroatoms. The van der Waals surface area contributed by atoms with Crippen molar-refractivity contribution < 1.29 is 17.9 Å². The molecule has 0 radical (unpaired) electrons. The van der Waals surface area contributed by atoms with E-state index in [1.54, 1.807) is 38.1 Å². The van der Waals surface area contributed by atoms with Crippen molar-refractivity contribution in [3.8, 4) is 5.75 Å². The average molecular weight is 405 g/mol.